The Kier molecular flexibility index (Phi) is 4.96. The fourth-order valence-corrected chi connectivity index (χ4v) is 4.17. The molecule has 2 aromatic rings. The van der Waals surface area contributed by atoms with Crippen LogP contribution in [0.15, 0.2) is 54.6 Å². The third-order valence-electron chi connectivity index (χ3n) is 5.38. The van der Waals surface area contributed by atoms with Crippen molar-refractivity contribution >= 4 is 23.3 Å². The van der Waals surface area contributed by atoms with E-state index >= 15 is 0 Å². The first kappa shape index (κ1) is 18.1. The van der Waals surface area contributed by atoms with Gasteiger partial charge in [-0.1, -0.05) is 49.7 Å². The van der Waals surface area contributed by atoms with Crippen LogP contribution in [0.5, 0.6) is 0 Å². The van der Waals surface area contributed by atoms with Crippen molar-refractivity contribution in [2.75, 3.05) is 11.9 Å². The van der Waals surface area contributed by atoms with Gasteiger partial charge in [-0.25, -0.2) is 4.79 Å². The molecule has 27 heavy (non-hydrogen) atoms. The topological polar surface area (TPSA) is 38.3 Å². The quantitative estimate of drug-likeness (QED) is 0.523. The van der Waals surface area contributed by atoms with Crippen LogP contribution < -0.4 is 5.32 Å². The second-order valence-corrected chi connectivity index (χ2v) is 8.26. The molecule has 0 aromatic heterocycles. The highest BCUT2D eigenvalue weighted by molar-refractivity contribution is 6.30. The Morgan fingerprint density at radius 3 is 2.74 bits per heavy atom. The maximum absolute atomic E-state index is 12.4. The largest absolute Gasteiger partial charge is 0.462 e. The SMILES string of the molecule is CC(C)COC(=O)c1ccc2c(c1)[C@@H]1C=CC[C@@H]1[C@H](c1ccc(Cl)cc1)N2. The molecule has 1 aliphatic heterocycles. The van der Waals surface area contributed by atoms with Crippen molar-refractivity contribution in [2.24, 2.45) is 11.8 Å². The minimum absolute atomic E-state index is 0.230. The molecule has 2 aromatic carbocycles. The van der Waals surface area contributed by atoms with Gasteiger partial charge >= 0.3 is 5.97 Å². The molecule has 2 aliphatic rings. The first-order valence-corrected chi connectivity index (χ1v) is 9.90. The molecule has 0 saturated heterocycles. The maximum Gasteiger partial charge on any atom is 0.338 e. The number of halogens is 1. The van der Waals surface area contributed by atoms with Gasteiger partial charge in [0, 0.05) is 16.6 Å². The molecule has 0 spiro atoms. The highest BCUT2D eigenvalue weighted by Gasteiger charge is 2.38. The normalized spacial score (nSPS) is 22.9. The van der Waals surface area contributed by atoms with Crippen LogP contribution >= 0.6 is 11.6 Å². The van der Waals surface area contributed by atoms with Crippen LogP contribution in [-0.4, -0.2) is 12.6 Å². The Morgan fingerprint density at radius 2 is 2.00 bits per heavy atom. The molecule has 1 heterocycles. The van der Waals surface area contributed by atoms with E-state index in [1.54, 1.807) is 0 Å². The lowest BCUT2D eigenvalue weighted by Gasteiger charge is -2.37. The van der Waals surface area contributed by atoms with Gasteiger partial charge in [0.1, 0.15) is 0 Å². The smallest absolute Gasteiger partial charge is 0.338 e. The van der Waals surface area contributed by atoms with Crippen LogP contribution in [0.2, 0.25) is 5.02 Å². The molecule has 4 rings (SSSR count). The van der Waals surface area contributed by atoms with E-state index in [0.29, 0.717) is 29.9 Å². The Balaban J connectivity index is 1.63. The Hall–Kier alpha value is -2.26. The summed E-state index contributed by atoms with van der Waals surface area (Å²) in [5.74, 6) is 0.820. The van der Waals surface area contributed by atoms with Crippen LogP contribution in [0.25, 0.3) is 0 Å². The van der Waals surface area contributed by atoms with Crippen molar-refractivity contribution < 1.29 is 9.53 Å². The predicted molar refractivity (Wildman–Crippen MR) is 109 cm³/mol. The van der Waals surface area contributed by atoms with Gasteiger partial charge in [0.05, 0.1) is 18.2 Å². The van der Waals surface area contributed by atoms with Gasteiger partial charge in [0.2, 0.25) is 0 Å². The van der Waals surface area contributed by atoms with Crippen LogP contribution in [0.1, 0.15) is 53.7 Å². The van der Waals surface area contributed by atoms with Crippen LogP contribution in [-0.2, 0) is 4.74 Å². The van der Waals surface area contributed by atoms with E-state index in [4.69, 9.17) is 16.3 Å². The molecule has 3 nitrogen and oxygen atoms in total. The molecule has 0 fully saturated rings. The van der Waals surface area contributed by atoms with E-state index in [2.05, 4.69) is 29.6 Å². The molecule has 1 N–H and O–H groups in total. The van der Waals surface area contributed by atoms with E-state index in [0.717, 1.165) is 17.1 Å². The van der Waals surface area contributed by atoms with Gasteiger partial charge in [-0.15, -0.1) is 0 Å². The third kappa shape index (κ3) is 3.61. The predicted octanol–water partition coefficient (Wildman–Crippen LogP) is 5.98. The molecule has 0 radical (unpaired) electrons. The fraction of sp³-hybridized carbons (Fsp3) is 0.348. The molecule has 0 saturated carbocycles. The van der Waals surface area contributed by atoms with Gasteiger partial charge in [-0.3, -0.25) is 0 Å². The number of allylic oxidation sites excluding steroid dienone is 2. The number of benzene rings is 2. The van der Waals surface area contributed by atoms with Crippen LogP contribution in [0.4, 0.5) is 5.69 Å². The summed E-state index contributed by atoms with van der Waals surface area (Å²) in [6, 6.07) is 14.2. The molecular formula is C23H24ClNO2. The van der Waals surface area contributed by atoms with Gasteiger partial charge < -0.3 is 10.1 Å². The molecule has 1 aliphatic carbocycles. The van der Waals surface area contributed by atoms with E-state index in [1.165, 1.54) is 11.1 Å². The van der Waals surface area contributed by atoms with Crippen molar-refractivity contribution in [1.29, 1.82) is 0 Å². The number of nitrogens with one attached hydrogen (secondary N) is 1. The van der Waals surface area contributed by atoms with Gasteiger partial charge in [-0.05, 0) is 59.7 Å². The Labute approximate surface area is 165 Å². The Morgan fingerprint density at radius 1 is 1.22 bits per heavy atom. The number of carbonyl (C=O) groups is 1. The summed E-state index contributed by atoms with van der Waals surface area (Å²) in [7, 11) is 0. The second-order valence-electron chi connectivity index (χ2n) is 7.82. The zero-order chi connectivity index (χ0) is 19.0. The number of hydrogen-bond acceptors (Lipinski definition) is 3. The monoisotopic (exact) mass is 381 g/mol. The average Bonchev–Trinajstić information content (AvgIpc) is 3.16. The number of fused-ring (bicyclic) bond motifs is 3. The third-order valence-corrected chi connectivity index (χ3v) is 5.63. The number of rotatable bonds is 4. The van der Waals surface area contributed by atoms with E-state index in [9.17, 15) is 4.79 Å². The summed E-state index contributed by atoms with van der Waals surface area (Å²) in [5.41, 5.74) is 4.13. The molecule has 3 atom stereocenters. The number of esters is 1. The van der Waals surface area contributed by atoms with Crippen molar-refractivity contribution in [3.05, 3.63) is 76.3 Å². The number of anilines is 1. The summed E-state index contributed by atoms with van der Waals surface area (Å²) in [5, 5.41) is 4.44. The van der Waals surface area contributed by atoms with Gasteiger partial charge in [0.15, 0.2) is 0 Å². The number of hydrogen-bond donors (Lipinski definition) is 1. The lowest BCUT2D eigenvalue weighted by atomic mass is 9.76. The summed E-state index contributed by atoms with van der Waals surface area (Å²) >= 11 is 6.06. The maximum atomic E-state index is 12.4. The van der Waals surface area contributed by atoms with E-state index < -0.39 is 0 Å². The molecule has 4 heteroatoms. The van der Waals surface area contributed by atoms with Gasteiger partial charge in [-0.2, -0.15) is 0 Å². The minimum atomic E-state index is -0.246. The minimum Gasteiger partial charge on any atom is -0.462 e. The number of ether oxygens (including phenoxy) is 1. The molecule has 0 amide bonds. The standard InChI is InChI=1S/C23H24ClNO2/c1-14(2)13-27-23(26)16-8-11-21-20(12-16)18-4-3-5-19(18)22(25-21)15-6-9-17(24)10-7-15/h3-4,6-12,14,18-19,22,25H,5,13H2,1-2H3/t18-,19+,22+/m1/s1. The van der Waals surface area contributed by atoms with Gasteiger partial charge in [0.25, 0.3) is 0 Å². The van der Waals surface area contributed by atoms with Crippen molar-refractivity contribution in [1.82, 2.24) is 0 Å². The average molecular weight is 382 g/mol. The number of carbonyl (C=O) groups excluding carboxylic acids is 1. The van der Waals surface area contributed by atoms with Crippen LogP contribution in [0.3, 0.4) is 0 Å². The van der Waals surface area contributed by atoms with Crippen molar-refractivity contribution in [3.63, 3.8) is 0 Å². The summed E-state index contributed by atoms with van der Waals surface area (Å²) in [6.45, 7) is 4.52. The highest BCUT2D eigenvalue weighted by atomic mass is 35.5. The van der Waals surface area contributed by atoms with Crippen molar-refractivity contribution in [3.8, 4) is 0 Å². The summed E-state index contributed by atoms with van der Waals surface area (Å²) < 4.78 is 5.40. The summed E-state index contributed by atoms with van der Waals surface area (Å²) in [4.78, 5) is 12.4. The first-order valence-electron chi connectivity index (χ1n) is 9.52. The van der Waals surface area contributed by atoms with E-state index in [1.807, 2.05) is 44.2 Å². The van der Waals surface area contributed by atoms with Crippen molar-refractivity contribution in [2.45, 2.75) is 32.2 Å². The Bertz CT molecular complexity index is 872. The van der Waals surface area contributed by atoms with Crippen LogP contribution in [0, 0.1) is 11.8 Å². The molecular weight excluding hydrogens is 358 g/mol. The molecule has 0 bridgehead atoms. The highest BCUT2D eigenvalue weighted by Crippen LogP contribution is 2.50. The van der Waals surface area contributed by atoms with E-state index in [-0.39, 0.29) is 12.0 Å². The molecule has 0 unspecified atom stereocenters. The molecule has 140 valence electrons. The zero-order valence-electron chi connectivity index (χ0n) is 15.6. The zero-order valence-corrected chi connectivity index (χ0v) is 16.4. The lowest BCUT2D eigenvalue weighted by molar-refractivity contribution is 0.0459. The summed E-state index contributed by atoms with van der Waals surface area (Å²) in [6.07, 6.45) is 5.54. The lowest BCUT2D eigenvalue weighted by Crippen LogP contribution is -2.29. The first-order chi connectivity index (χ1) is 13.0. The second kappa shape index (κ2) is 7.40. The fourth-order valence-electron chi connectivity index (χ4n) is 4.05.